The van der Waals surface area contributed by atoms with Gasteiger partial charge in [0.2, 0.25) is 5.91 Å². The van der Waals surface area contributed by atoms with Crippen LogP contribution in [0, 0.1) is 6.92 Å². The number of hydrogen-bond acceptors (Lipinski definition) is 2. The minimum Gasteiger partial charge on any atom is -0.382 e. The third-order valence-corrected chi connectivity index (χ3v) is 4.37. The number of anilines is 1. The Kier molecular flexibility index (Phi) is 3.65. The first-order chi connectivity index (χ1) is 10.1. The Morgan fingerprint density at radius 1 is 1.10 bits per heavy atom. The van der Waals surface area contributed by atoms with Crippen molar-refractivity contribution < 1.29 is 4.79 Å². The fourth-order valence-corrected chi connectivity index (χ4v) is 3.01. The Morgan fingerprint density at radius 2 is 1.81 bits per heavy atom. The van der Waals surface area contributed by atoms with E-state index < -0.39 is 0 Å². The molecule has 0 unspecified atom stereocenters. The topological polar surface area (TPSA) is 55.1 Å². The first-order valence-corrected chi connectivity index (χ1v) is 7.36. The van der Waals surface area contributed by atoms with E-state index in [1.165, 1.54) is 5.56 Å². The van der Waals surface area contributed by atoms with E-state index in [9.17, 15) is 4.79 Å². The summed E-state index contributed by atoms with van der Waals surface area (Å²) in [6.45, 7) is 1.94. The lowest BCUT2D eigenvalue weighted by Crippen LogP contribution is -2.34. The van der Waals surface area contributed by atoms with E-state index in [-0.39, 0.29) is 5.91 Å². The average Bonchev–Trinajstić information content (AvgIpc) is 2.44. The molecule has 0 atom stereocenters. The second kappa shape index (κ2) is 5.60. The van der Waals surface area contributed by atoms with Crippen molar-refractivity contribution in [2.24, 2.45) is 5.73 Å². The lowest BCUT2D eigenvalue weighted by atomic mass is 9.76. The predicted octanol–water partition coefficient (Wildman–Crippen LogP) is 3.45. The highest BCUT2D eigenvalue weighted by Crippen LogP contribution is 2.38. The summed E-state index contributed by atoms with van der Waals surface area (Å²) >= 11 is 0. The van der Waals surface area contributed by atoms with Gasteiger partial charge in [-0.25, -0.2) is 0 Å². The van der Waals surface area contributed by atoms with Gasteiger partial charge in [0.05, 0.1) is 0 Å². The predicted molar refractivity (Wildman–Crippen MR) is 85.5 cm³/mol. The van der Waals surface area contributed by atoms with Crippen LogP contribution in [0.3, 0.4) is 0 Å². The van der Waals surface area contributed by atoms with Crippen LogP contribution in [0.4, 0.5) is 5.69 Å². The van der Waals surface area contributed by atoms with Crippen molar-refractivity contribution in [3.63, 3.8) is 0 Å². The highest BCUT2D eigenvalue weighted by molar-refractivity contribution is 5.95. The van der Waals surface area contributed by atoms with Crippen molar-refractivity contribution in [2.45, 2.75) is 31.7 Å². The molecule has 0 aromatic heterocycles. The zero-order chi connectivity index (χ0) is 14.8. The molecule has 0 saturated heterocycles. The first kappa shape index (κ1) is 13.7. The number of nitrogens with two attached hydrogens (primary N) is 1. The number of hydrogen-bond donors (Lipinski definition) is 2. The van der Waals surface area contributed by atoms with Gasteiger partial charge < -0.3 is 11.1 Å². The van der Waals surface area contributed by atoms with Crippen LogP contribution in [0.25, 0.3) is 0 Å². The van der Waals surface area contributed by atoms with Crippen LogP contribution in [0.15, 0.2) is 48.5 Å². The van der Waals surface area contributed by atoms with Crippen LogP contribution in [-0.4, -0.2) is 11.9 Å². The van der Waals surface area contributed by atoms with Crippen molar-refractivity contribution in [2.75, 3.05) is 5.32 Å². The number of nitrogens with one attached hydrogen (secondary N) is 1. The van der Waals surface area contributed by atoms with E-state index in [2.05, 4.69) is 35.6 Å². The molecule has 3 nitrogen and oxygen atoms in total. The molecule has 2 aromatic rings. The quantitative estimate of drug-likeness (QED) is 0.901. The molecule has 1 fully saturated rings. The summed E-state index contributed by atoms with van der Waals surface area (Å²) in [7, 11) is 0. The fourth-order valence-electron chi connectivity index (χ4n) is 3.01. The lowest BCUT2D eigenvalue weighted by molar-refractivity contribution is 0.0999. The maximum atomic E-state index is 11.4. The molecular weight excluding hydrogens is 260 g/mol. The molecule has 3 rings (SSSR count). The molecule has 0 bridgehead atoms. The maximum Gasteiger partial charge on any atom is 0.249 e. The van der Waals surface area contributed by atoms with Crippen molar-refractivity contribution >= 4 is 11.6 Å². The van der Waals surface area contributed by atoms with Crippen molar-refractivity contribution in [3.05, 3.63) is 65.2 Å². The van der Waals surface area contributed by atoms with E-state index in [1.54, 1.807) is 6.07 Å². The van der Waals surface area contributed by atoms with E-state index in [1.807, 2.05) is 19.1 Å². The standard InChI is InChI=1S/C18H20N2O/c1-12-16(18(19)21)8-5-9-17(12)20-15-10-14(11-15)13-6-3-2-4-7-13/h2-9,14-15,20H,10-11H2,1H3,(H2,19,21). The average molecular weight is 280 g/mol. The van der Waals surface area contributed by atoms with Crippen LogP contribution >= 0.6 is 0 Å². The number of carbonyl (C=O) groups excluding carboxylic acids is 1. The second-order valence-electron chi connectivity index (χ2n) is 5.76. The van der Waals surface area contributed by atoms with Gasteiger partial charge in [0.25, 0.3) is 0 Å². The molecule has 1 aliphatic rings. The van der Waals surface area contributed by atoms with Gasteiger partial charge in [-0.15, -0.1) is 0 Å². The molecule has 0 aliphatic heterocycles. The lowest BCUT2D eigenvalue weighted by Gasteiger charge is -2.37. The third kappa shape index (κ3) is 2.77. The summed E-state index contributed by atoms with van der Waals surface area (Å²) in [6, 6.07) is 16.8. The third-order valence-electron chi connectivity index (χ3n) is 4.37. The Balaban J connectivity index is 1.65. The molecule has 0 spiro atoms. The Morgan fingerprint density at radius 3 is 2.48 bits per heavy atom. The zero-order valence-corrected chi connectivity index (χ0v) is 12.2. The fraction of sp³-hybridized carbons (Fsp3) is 0.278. The molecular formula is C18H20N2O. The van der Waals surface area contributed by atoms with Crippen LogP contribution < -0.4 is 11.1 Å². The van der Waals surface area contributed by atoms with Gasteiger partial charge in [-0.2, -0.15) is 0 Å². The monoisotopic (exact) mass is 280 g/mol. The Bertz CT molecular complexity index is 646. The summed E-state index contributed by atoms with van der Waals surface area (Å²) in [6.07, 6.45) is 2.26. The number of carbonyl (C=O) groups is 1. The minimum absolute atomic E-state index is 0.369. The summed E-state index contributed by atoms with van der Waals surface area (Å²) in [5.74, 6) is 0.273. The zero-order valence-electron chi connectivity index (χ0n) is 12.2. The van der Waals surface area contributed by atoms with Gasteiger partial charge in [-0.05, 0) is 48.9 Å². The summed E-state index contributed by atoms with van der Waals surface area (Å²) in [5, 5.41) is 3.53. The van der Waals surface area contributed by atoms with Crippen LogP contribution in [-0.2, 0) is 0 Å². The number of primary amides is 1. The highest BCUT2D eigenvalue weighted by atomic mass is 16.1. The van der Waals surface area contributed by atoms with Crippen molar-refractivity contribution in [1.82, 2.24) is 0 Å². The van der Waals surface area contributed by atoms with E-state index >= 15 is 0 Å². The SMILES string of the molecule is Cc1c(NC2CC(c3ccccc3)C2)cccc1C(N)=O. The van der Waals surface area contributed by atoms with Crippen molar-refractivity contribution in [3.8, 4) is 0 Å². The largest absolute Gasteiger partial charge is 0.382 e. The van der Waals surface area contributed by atoms with Gasteiger partial charge in [0.1, 0.15) is 0 Å². The molecule has 3 heteroatoms. The number of amides is 1. The molecule has 1 saturated carbocycles. The molecule has 0 heterocycles. The first-order valence-electron chi connectivity index (χ1n) is 7.36. The molecule has 2 aromatic carbocycles. The minimum atomic E-state index is -0.369. The summed E-state index contributed by atoms with van der Waals surface area (Å²) < 4.78 is 0. The molecule has 1 aliphatic carbocycles. The van der Waals surface area contributed by atoms with Gasteiger partial charge in [0, 0.05) is 17.3 Å². The maximum absolute atomic E-state index is 11.4. The van der Waals surface area contributed by atoms with Crippen LogP contribution in [0.2, 0.25) is 0 Å². The summed E-state index contributed by atoms with van der Waals surface area (Å²) in [5.41, 5.74) is 9.36. The Labute approximate surface area is 125 Å². The van der Waals surface area contributed by atoms with Gasteiger partial charge in [-0.3, -0.25) is 4.79 Å². The molecule has 21 heavy (non-hydrogen) atoms. The second-order valence-corrected chi connectivity index (χ2v) is 5.76. The molecule has 108 valence electrons. The van der Waals surface area contributed by atoms with E-state index in [0.29, 0.717) is 17.5 Å². The molecule has 0 radical (unpaired) electrons. The smallest absolute Gasteiger partial charge is 0.249 e. The summed E-state index contributed by atoms with van der Waals surface area (Å²) in [4.78, 5) is 11.4. The van der Waals surface area contributed by atoms with Crippen molar-refractivity contribution in [1.29, 1.82) is 0 Å². The highest BCUT2D eigenvalue weighted by Gasteiger charge is 2.30. The molecule has 3 N–H and O–H groups in total. The van der Waals surface area contributed by atoms with Gasteiger partial charge >= 0.3 is 0 Å². The number of rotatable bonds is 4. The Hall–Kier alpha value is -2.29. The van der Waals surface area contributed by atoms with E-state index in [4.69, 9.17) is 5.73 Å². The van der Waals surface area contributed by atoms with E-state index in [0.717, 1.165) is 24.1 Å². The normalized spacial score (nSPS) is 20.6. The van der Waals surface area contributed by atoms with Crippen LogP contribution in [0.1, 0.15) is 40.2 Å². The van der Waals surface area contributed by atoms with Crippen LogP contribution in [0.5, 0.6) is 0 Å². The molecule has 1 amide bonds. The van der Waals surface area contributed by atoms with Gasteiger partial charge in [0.15, 0.2) is 0 Å². The number of benzene rings is 2. The van der Waals surface area contributed by atoms with Gasteiger partial charge in [-0.1, -0.05) is 36.4 Å².